The average molecular weight is 678 g/mol. The summed E-state index contributed by atoms with van der Waals surface area (Å²) in [6.45, 7) is 6.26. The Morgan fingerprint density at radius 3 is 1.61 bits per heavy atom. The summed E-state index contributed by atoms with van der Waals surface area (Å²) >= 11 is 17.1. The summed E-state index contributed by atoms with van der Waals surface area (Å²) in [5.74, 6) is -0.844. The largest absolute Gasteiger partial charge is 0.464 e. The molecule has 0 atom stereocenters. The highest BCUT2D eigenvalue weighted by molar-refractivity contribution is 6.40. The number of carbonyl (C=O) groups excluding carboxylic acids is 2. The number of nitrogens with one attached hydrogen (secondary N) is 1. The lowest BCUT2D eigenvalue weighted by Crippen LogP contribution is -2.26. The maximum absolute atomic E-state index is 11.5. The molecule has 44 heavy (non-hydrogen) atoms. The summed E-state index contributed by atoms with van der Waals surface area (Å²) in [4.78, 5) is 39.9. The lowest BCUT2D eigenvalue weighted by atomic mass is 10.2. The first-order valence-corrected chi connectivity index (χ1v) is 15.8. The monoisotopic (exact) mass is 676 g/mol. The second-order valence-corrected chi connectivity index (χ2v) is 11.1. The van der Waals surface area contributed by atoms with Crippen LogP contribution >= 0.6 is 34.8 Å². The number of nitrogen functional groups attached to an aromatic ring is 2. The van der Waals surface area contributed by atoms with E-state index in [1.165, 1.54) is 78.7 Å². The molecule has 2 aromatic heterocycles. The van der Waals surface area contributed by atoms with E-state index in [1.807, 2.05) is 0 Å². The van der Waals surface area contributed by atoms with Crippen LogP contribution in [0, 0.1) is 0 Å². The van der Waals surface area contributed by atoms with Crippen molar-refractivity contribution >= 4 is 64.2 Å². The number of ether oxygens (including phenoxy) is 3. The van der Waals surface area contributed by atoms with Gasteiger partial charge in [-0.1, -0.05) is 60.5 Å². The summed E-state index contributed by atoms with van der Waals surface area (Å²) in [6, 6.07) is 0. The highest BCUT2D eigenvalue weighted by Crippen LogP contribution is 2.27. The Morgan fingerprint density at radius 2 is 1.14 bits per heavy atom. The maximum atomic E-state index is 11.5. The highest BCUT2D eigenvalue weighted by Gasteiger charge is 2.21. The van der Waals surface area contributed by atoms with Gasteiger partial charge in [0.05, 0.1) is 14.2 Å². The molecule has 0 spiro atoms. The minimum atomic E-state index is -0.705. The number of esters is 2. The third-order valence-corrected chi connectivity index (χ3v) is 7.53. The zero-order valence-electron chi connectivity index (χ0n) is 25.4. The van der Waals surface area contributed by atoms with Crippen LogP contribution in [0.4, 0.5) is 17.5 Å². The number of hydrogen-bond acceptors (Lipinski definition) is 13. The van der Waals surface area contributed by atoms with E-state index in [0.29, 0.717) is 5.82 Å². The fourth-order valence-electron chi connectivity index (χ4n) is 4.29. The quantitative estimate of drug-likeness (QED) is 0.371. The molecule has 2 aromatic rings. The third-order valence-electron chi connectivity index (χ3n) is 6.65. The van der Waals surface area contributed by atoms with Gasteiger partial charge in [0.15, 0.2) is 44.3 Å². The Labute approximate surface area is 273 Å². The number of hydrogen-bond donors (Lipinski definition) is 3. The molecule has 0 amide bonds. The van der Waals surface area contributed by atoms with Crippen molar-refractivity contribution in [1.82, 2.24) is 25.3 Å². The molecule has 0 radical (unpaired) electrons. The zero-order chi connectivity index (χ0) is 32.3. The van der Waals surface area contributed by atoms with Crippen molar-refractivity contribution in [2.75, 3.05) is 70.0 Å². The van der Waals surface area contributed by atoms with Crippen LogP contribution in [0.1, 0.15) is 85.2 Å². The van der Waals surface area contributed by atoms with Crippen molar-refractivity contribution in [3.8, 4) is 0 Å². The van der Waals surface area contributed by atoms with Crippen molar-refractivity contribution in [1.29, 1.82) is 0 Å². The van der Waals surface area contributed by atoms with Crippen LogP contribution in [0.15, 0.2) is 0 Å². The fourth-order valence-corrected chi connectivity index (χ4v) is 4.80. The molecule has 0 bridgehead atoms. The lowest BCUT2D eigenvalue weighted by molar-refractivity contribution is 0.0586. The Kier molecular flexibility index (Phi) is 18.0. The summed E-state index contributed by atoms with van der Waals surface area (Å²) in [5.41, 5.74) is 10.9. The molecule has 16 heteroatoms. The smallest absolute Gasteiger partial charge is 0.360 e. The number of nitrogens with two attached hydrogens (primary N) is 2. The predicted molar refractivity (Wildman–Crippen MR) is 173 cm³/mol. The van der Waals surface area contributed by atoms with Crippen LogP contribution in [0.25, 0.3) is 0 Å². The summed E-state index contributed by atoms with van der Waals surface area (Å²) in [5, 5.41) is 3.40. The van der Waals surface area contributed by atoms with Crippen LogP contribution in [-0.2, 0) is 14.2 Å². The first kappa shape index (κ1) is 37.5. The molecule has 0 saturated carbocycles. The van der Waals surface area contributed by atoms with Gasteiger partial charge in [-0.2, -0.15) is 0 Å². The van der Waals surface area contributed by atoms with Gasteiger partial charge in [-0.25, -0.2) is 29.5 Å². The van der Waals surface area contributed by atoms with Crippen LogP contribution in [0.3, 0.4) is 0 Å². The average Bonchev–Trinajstić information content (AvgIpc) is 3.30. The van der Waals surface area contributed by atoms with Gasteiger partial charge in [0.25, 0.3) is 0 Å². The molecule has 3 aliphatic rings. The van der Waals surface area contributed by atoms with Crippen molar-refractivity contribution in [3.63, 3.8) is 0 Å². The highest BCUT2D eigenvalue weighted by atomic mass is 35.5. The van der Waals surface area contributed by atoms with Crippen molar-refractivity contribution in [2.45, 2.75) is 64.2 Å². The van der Waals surface area contributed by atoms with Gasteiger partial charge in [-0.15, -0.1) is 0 Å². The van der Waals surface area contributed by atoms with Crippen molar-refractivity contribution in [2.24, 2.45) is 0 Å². The van der Waals surface area contributed by atoms with E-state index in [1.54, 1.807) is 0 Å². The van der Waals surface area contributed by atoms with Crippen molar-refractivity contribution < 1.29 is 23.8 Å². The van der Waals surface area contributed by atoms with Crippen LogP contribution in [-0.4, -0.2) is 85.5 Å². The Balaban J connectivity index is 0.000000231. The van der Waals surface area contributed by atoms with Gasteiger partial charge in [-0.05, 0) is 51.6 Å². The molecule has 246 valence electrons. The van der Waals surface area contributed by atoms with E-state index < -0.39 is 11.9 Å². The van der Waals surface area contributed by atoms with Gasteiger partial charge >= 0.3 is 11.9 Å². The first-order valence-electron chi connectivity index (χ1n) is 14.7. The summed E-state index contributed by atoms with van der Waals surface area (Å²) < 4.78 is 13.9. The molecule has 13 nitrogen and oxygen atoms in total. The molecule has 0 aromatic carbocycles. The number of rotatable bonds is 3. The molecule has 0 unspecified atom stereocenters. The van der Waals surface area contributed by atoms with Crippen LogP contribution in [0.2, 0.25) is 15.5 Å². The topological polar surface area (TPSA) is 181 Å². The number of methoxy groups -OCH3 is 2. The van der Waals surface area contributed by atoms with E-state index in [0.717, 1.165) is 39.1 Å². The Morgan fingerprint density at radius 1 is 0.682 bits per heavy atom. The van der Waals surface area contributed by atoms with Crippen molar-refractivity contribution in [3.05, 3.63) is 26.8 Å². The third kappa shape index (κ3) is 13.1. The second-order valence-electron chi connectivity index (χ2n) is 9.98. The molecule has 3 fully saturated rings. The van der Waals surface area contributed by atoms with Gasteiger partial charge in [0.1, 0.15) is 0 Å². The Bertz CT molecular complexity index is 1160. The number of carbonyl (C=O) groups is 2. The zero-order valence-corrected chi connectivity index (χ0v) is 27.6. The summed E-state index contributed by atoms with van der Waals surface area (Å²) in [7, 11) is 2.46. The maximum Gasteiger partial charge on any atom is 0.360 e. The minimum Gasteiger partial charge on any atom is -0.464 e. The second kappa shape index (κ2) is 21.1. The molecular formula is C28H43Cl3N8O5. The van der Waals surface area contributed by atoms with Gasteiger partial charge in [0, 0.05) is 26.3 Å². The fraction of sp³-hybridized carbons (Fsp3) is 0.643. The standard InChI is InChI=1S/C12H17ClN4O2.C6H5Cl2N3O2.C6H13N.C4H8O/c1-19-12(18)8-10(14)16-11(9(13)15-8)17-6-4-2-3-5-7-17;1-13-6(12)2-5(9)11-4(8)3(7)10-2;1-2-4-6-7-5-3-1;1-2-4-5-3-1/h2-7H2,1H3,(H2,14,16);1H3,(H2,9,11);7H,1-6H2;1-4H2. The van der Waals surface area contributed by atoms with E-state index in [2.05, 4.69) is 39.6 Å². The molecule has 0 aliphatic carbocycles. The van der Waals surface area contributed by atoms with Crippen LogP contribution < -0.4 is 21.7 Å². The van der Waals surface area contributed by atoms with E-state index in [4.69, 9.17) is 51.0 Å². The van der Waals surface area contributed by atoms with Gasteiger partial charge in [-0.3, -0.25) is 0 Å². The van der Waals surface area contributed by atoms with Gasteiger partial charge < -0.3 is 35.9 Å². The van der Waals surface area contributed by atoms with E-state index in [9.17, 15) is 9.59 Å². The number of aromatic nitrogens is 4. The molecular weight excluding hydrogens is 635 g/mol. The molecule has 3 saturated heterocycles. The number of nitrogens with zero attached hydrogens (tertiary/aromatic N) is 5. The SMILES string of the molecule is C1CCCNCC1.C1CCOC1.COC(=O)c1nc(Cl)c(Cl)nc1N.COC(=O)c1nc(Cl)c(N2CCCCCC2)nc1N. The first-order chi connectivity index (χ1) is 21.2. The Hall–Kier alpha value is -2.71. The van der Waals surface area contributed by atoms with Crippen LogP contribution in [0.5, 0.6) is 0 Å². The molecule has 5 rings (SSSR count). The molecule has 5 heterocycles. The molecule has 3 aliphatic heterocycles. The number of anilines is 3. The normalized spacial score (nSPS) is 16.3. The minimum absolute atomic E-state index is 0.0360. The van der Waals surface area contributed by atoms with E-state index >= 15 is 0 Å². The van der Waals surface area contributed by atoms with E-state index in [-0.39, 0.29) is 38.5 Å². The predicted octanol–water partition coefficient (Wildman–Crippen LogP) is 4.98. The van der Waals surface area contributed by atoms with Gasteiger partial charge in [0.2, 0.25) is 0 Å². The lowest BCUT2D eigenvalue weighted by Gasteiger charge is -2.22. The summed E-state index contributed by atoms with van der Waals surface area (Å²) in [6.07, 6.45) is 12.8. The number of halogens is 3. The molecule has 5 N–H and O–H groups in total.